The fourth-order valence-electron chi connectivity index (χ4n) is 12.4. The first-order valence-electron chi connectivity index (χ1n) is 18.5. The van der Waals surface area contributed by atoms with E-state index >= 15 is 0 Å². The Morgan fingerprint density at radius 2 is 1.47 bits per heavy atom. The van der Waals surface area contributed by atoms with Gasteiger partial charge in [0.15, 0.2) is 11.4 Å². The topological polar surface area (TPSA) is 165 Å². The summed E-state index contributed by atoms with van der Waals surface area (Å²) in [6.45, 7) is 8.09. The Morgan fingerprint density at radius 3 is 2.13 bits per heavy atom. The molecule has 9 heteroatoms. The molecular formula is C36H60N2O7. The number of nitrogens with zero attached hydrogens (tertiary/aromatic N) is 1. The molecule has 9 nitrogen and oxygen atoms in total. The zero-order valence-corrected chi connectivity index (χ0v) is 27.6. The lowest BCUT2D eigenvalue weighted by Crippen LogP contribution is -2.72. The second kappa shape index (κ2) is 13.5. The number of aliphatic hydroxyl groups excluding tert-OH is 4. The van der Waals surface area contributed by atoms with Gasteiger partial charge in [0.2, 0.25) is 0 Å². The van der Waals surface area contributed by atoms with Crippen LogP contribution in [0.4, 0.5) is 0 Å². The van der Waals surface area contributed by atoms with E-state index in [1.807, 2.05) is 0 Å². The normalized spacial score (nSPS) is 49.1. The molecule has 0 saturated heterocycles. The Labute approximate surface area is 269 Å². The van der Waals surface area contributed by atoms with Crippen LogP contribution < -0.4 is 5.73 Å². The fourth-order valence-corrected chi connectivity index (χ4v) is 12.4. The molecule has 6 aliphatic carbocycles. The first kappa shape index (κ1) is 33.9. The summed E-state index contributed by atoms with van der Waals surface area (Å²) in [5.74, 6) is -1.92. The number of fused-ring (bicyclic) bond motifs is 4. The highest BCUT2D eigenvalue weighted by Gasteiger charge is 2.67. The lowest BCUT2D eigenvalue weighted by molar-refractivity contribution is -0.239. The minimum atomic E-state index is -2.25. The third-order valence-electron chi connectivity index (χ3n) is 14.1. The predicted octanol–water partition coefficient (Wildman–Crippen LogP) is 2.49. The number of carbonyl (C=O) groups is 2. The third kappa shape index (κ3) is 5.78. The second-order valence-electron chi connectivity index (χ2n) is 16.2. The number of carbonyl (C=O) groups excluding carboxylic acids is 2. The minimum Gasteiger partial charge on any atom is -0.393 e. The molecule has 0 radical (unpaired) electrons. The molecule has 16 atom stereocenters. The number of nitrogens with two attached hydrogens (primary N) is 1. The number of Topliss-reactive ketones (excluding diaryl/α,β-unsaturated/α-hetero) is 2. The van der Waals surface area contributed by atoms with Gasteiger partial charge < -0.3 is 36.2 Å². The summed E-state index contributed by atoms with van der Waals surface area (Å²) in [5, 5.41) is 56.7. The quantitative estimate of drug-likeness (QED) is 0.174. The maximum atomic E-state index is 13.4. The van der Waals surface area contributed by atoms with Crippen LogP contribution in [0.2, 0.25) is 0 Å². The Hall–Kier alpha value is -0.940. The standard InChI is InChI=1S/C36H60N2O7/c1-3-13-38(14-4-2)18-19-9-10-24(23-8-6-5-7-22(19)23)25-11-12-27(39)30-26(25)16-20-15-21-17-28(40)31(35(37)44)34(43)36(21,45)33(42)29(20)32(30)41/h19-27,29-33,35,39,41-42,44-45H,3-18,37H2,1-2H3/t19?,20-,21+,22?,23?,24?,25?,26?,27?,29?,30?,31?,32?,33?,35?,36+/m1/s1. The molecule has 7 N–H and O–H groups in total. The molecule has 0 bridgehead atoms. The average molecular weight is 633 g/mol. The number of hydrogen-bond donors (Lipinski definition) is 6. The van der Waals surface area contributed by atoms with E-state index in [0.29, 0.717) is 30.6 Å². The number of aliphatic hydroxyl groups is 5. The average Bonchev–Trinajstić information content (AvgIpc) is 2.99. The predicted molar refractivity (Wildman–Crippen MR) is 169 cm³/mol. The van der Waals surface area contributed by atoms with Crippen molar-refractivity contribution >= 4 is 11.6 Å². The molecule has 13 unspecified atom stereocenters. The van der Waals surface area contributed by atoms with Crippen molar-refractivity contribution in [1.82, 2.24) is 4.90 Å². The molecule has 0 spiro atoms. The molecule has 0 aromatic carbocycles. The minimum absolute atomic E-state index is 0.109. The smallest absolute Gasteiger partial charge is 0.181 e. The molecule has 6 fully saturated rings. The molecule has 0 heterocycles. The van der Waals surface area contributed by atoms with Crippen LogP contribution >= 0.6 is 0 Å². The summed E-state index contributed by atoms with van der Waals surface area (Å²) < 4.78 is 0. The highest BCUT2D eigenvalue weighted by molar-refractivity contribution is 6.09. The SMILES string of the molecule is CCCN(CCC)CC1CCC(C2CCC(O)C3C(O)C4C(O)[C@]5(O)C(=O)C(C(N)O)C(=O)C[C@@H]5C[C@@H]4CC23)C2CCCCC12. The van der Waals surface area contributed by atoms with E-state index < -0.39 is 65.4 Å². The van der Waals surface area contributed by atoms with Gasteiger partial charge in [0, 0.05) is 30.7 Å². The van der Waals surface area contributed by atoms with Crippen LogP contribution in [0.1, 0.15) is 97.3 Å². The van der Waals surface area contributed by atoms with E-state index in [4.69, 9.17) is 5.73 Å². The summed E-state index contributed by atoms with van der Waals surface area (Å²) in [6.07, 6.45) is 7.42. The van der Waals surface area contributed by atoms with E-state index in [1.165, 1.54) is 71.0 Å². The largest absolute Gasteiger partial charge is 0.393 e. The van der Waals surface area contributed by atoms with E-state index in [1.54, 1.807) is 0 Å². The Bertz CT molecular complexity index is 1070. The van der Waals surface area contributed by atoms with Crippen molar-refractivity contribution in [3.8, 4) is 0 Å². The van der Waals surface area contributed by atoms with Gasteiger partial charge >= 0.3 is 0 Å². The Kier molecular flexibility index (Phi) is 10.2. The maximum absolute atomic E-state index is 13.4. The summed E-state index contributed by atoms with van der Waals surface area (Å²) >= 11 is 0. The van der Waals surface area contributed by atoms with Gasteiger partial charge in [0.25, 0.3) is 0 Å². The molecule has 6 rings (SSSR count). The van der Waals surface area contributed by atoms with Crippen molar-refractivity contribution in [3.05, 3.63) is 0 Å². The summed E-state index contributed by atoms with van der Waals surface area (Å²) in [4.78, 5) is 29.0. The van der Waals surface area contributed by atoms with Gasteiger partial charge in [0.1, 0.15) is 17.9 Å². The highest BCUT2D eigenvalue weighted by Crippen LogP contribution is 2.60. The highest BCUT2D eigenvalue weighted by atomic mass is 16.4. The maximum Gasteiger partial charge on any atom is 0.181 e. The monoisotopic (exact) mass is 632 g/mol. The number of hydrogen-bond acceptors (Lipinski definition) is 9. The van der Waals surface area contributed by atoms with Crippen molar-refractivity contribution in [2.75, 3.05) is 19.6 Å². The lowest BCUT2D eigenvalue weighted by Gasteiger charge is -2.61. The molecule has 256 valence electrons. The lowest BCUT2D eigenvalue weighted by atomic mass is 9.46. The van der Waals surface area contributed by atoms with Gasteiger partial charge in [-0.25, -0.2) is 0 Å². The van der Waals surface area contributed by atoms with Crippen LogP contribution in [0.5, 0.6) is 0 Å². The van der Waals surface area contributed by atoms with Crippen LogP contribution in [0.25, 0.3) is 0 Å². The van der Waals surface area contributed by atoms with Crippen LogP contribution in [-0.4, -0.2) is 91.8 Å². The summed E-state index contributed by atoms with van der Waals surface area (Å²) in [6, 6.07) is 0. The van der Waals surface area contributed by atoms with Gasteiger partial charge in [-0.15, -0.1) is 0 Å². The molecule has 6 aliphatic rings. The van der Waals surface area contributed by atoms with E-state index in [9.17, 15) is 35.1 Å². The first-order chi connectivity index (χ1) is 21.5. The van der Waals surface area contributed by atoms with Gasteiger partial charge in [0.05, 0.1) is 18.3 Å². The van der Waals surface area contributed by atoms with Crippen LogP contribution in [-0.2, 0) is 9.59 Å². The number of rotatable bonds is 8. The molecule has 0 aromatic heterocycles. The van der Waals surface area contributed by atoms with E-state index in [-0.39, 0.29) is 18.3 Å². The van der Waals surface area contributed by atoms with Gasteiger partial charge in [-0.1, -0.05) is 26.7 Å². The molecule has 0 aromatic rings. The first-order valence-corrected chi connectivity index (χ1v) is 18.5. The van der Waals surface area contributed by atoms with E-state index in [2.05, 4.69) is 18.7 Å². The van der Waals surface area contributed by atoms with Crippen molar-refractivity contribution in [3.63, 3.8) is 0 Å². The molecular weight excluding hydrogens is 572 g/mol. The molecule has 0 aliphatic heterocycles. The Morgan fingerprint density at radius 1 is 0.844 bits per heavy atom. The van der Waals surface area contributed by atoms with Gasteiger partial charge in [-0.3, -0.25) is 9.59 Å². The second-order valence-corrected chi connectivity index (χ2v) is 16.2. The molecule has 6 saturated carbocycles. The van der Waals surface area contributed by atoms with Crippen molar-refractivity contribution in [2.24, 2.45) is 70.8 Å². The zero-order valence-electron chi connectivity index (χ0n) is 27.6. The van der Waals surface area contributed by atoms with Crippen LogP contribution in [0.3, 0.4) is 0 Å². The van der Waals surface area contributed by atoms with Crippen LogP contribution in [0.15, 0.2) is 0 Å². The number of ketones is 2. The summed E-state index contributed by atoms with van der Waals surface area (Å²) in [5.41, 5.74) is 3.32. The Balaban J connectivity index is 1.24. The summed E-state index contributed by atoms with van der Waals surface area (Å²) in [7, 11) is 0. The fraction of sp³-hybridized carbons (Fsp3) is 0.944. The van der Waals surface area contributed by atoms with Crippen molar-refractivity contribution in [1.29, 1.82) is 0 Å². The van der Waals surface area contributed by atoms with Gasteiger partial charge in [-0.05, 0) is 119 Å². The van der Waals surface area contributed by atoms with E-state index in [0.717, 1.165) is 24.7 Å². The van der Waals surface area contributed by atoms with Gasteiger partial charge in [-0.2, -0.15) is 0 Å². The van der Waals surface area contributed by atoms with Crippen LogP contribution in [0, 0.1) is 65.1 Å². The molecule has 0 amide bonds. The third-order valence-corrected chi connectivity index (χ3v) is 14.1. The molecule has 45 heavy (non-hydrogen) atoms. The van der Waals surface area contributed by atoms with Crippen molar-refractivity contribution in [2.45, 2.75) is 127 Å². The van der Waals surface area contributed by atoms with Crippen molar-refractivity contribution < 1.29 is 35.1 Å². The zero-order chi connectivity index (χ0) is 32.2.